The summed E-state index contributed by atoms with van der Waals surface area (Å²) in [5, 5.41) is 8.64. The zero-order chi connectivity index (χ0) is 22.5. The standard InChI is InChI=1S/C21H34N4O4S/c1-15(22-5)19(26)24-18(21(2,3)4)20(27)23-16-10-9-13-25(14-16)30(28,29)17-11-7-6-8-12-17/h6-8,11-12,15-16,18,22H,9-10,13-14H2,1-5H3,(H,23,27)(H,24,26)/t15-,16-,18+/m0/s1. The molecule has 0 saturated carbocycles. The second kappa shape index (κ2) is 9.89. The molecule has 2 rings (SSSR count). The van der Waals surface area contributed by atoms with Crippen LogP contribution < -0.4 is 16.0 Å². The van der Waals surface area contributed by atoms with Crippen LogP contribution in [0.4, 0.5) is 0 Å². The Morgan fingerprint density at radius 2 is 1.77 bits per heavy atom. The number of hydrogen-bond acceptors (Lipinski definition) is 5. The van der Waals surface area contributed by atoms with E-state index in [1.165, 1.54) is 4.31 Å². The number of nitrogens with one attached hydrogen (secondary N) is 3. The molecule has 0 bridgehead atoms. The van der Waals surface area contributed by atoms with E-state index in [9.17, 15) is 18.0 Å². The average molecular weight is 439 g/mol. The van der Waals surface area contributed by atoms with E-state index >= 15 is 0 Å². The van der Waals surface area contributed by atoms with Crippen LogP contribution in [0, 0.1) is 5.41 Å². The molecule has 1 aromatic rings. The molecule has 8 nitrogen and oxygen atoms in total. The smallest absolute Gasteiger partial charge is 0.243 e. The lowest BCUT2D eigenvalue weighted by atomic mass is 9.85. The van der Waals surface area contributed by atoms with Gasteiger partial charge in [0.25, 0.3) is 0 Å². The monoisotopic (exact) mass is 438 g/mol. The minimum Gasteiger partial charge on any atom is -0.350 e. The predicted molar refractivity (Wildman–Crippen MR) is 116 cm³/mol. The topological polar surface area (TPSA) is 108 Å². The van der Waals surface area contributed by atoms with Gasteiger partial charge in [0.1, 0.15) is 6.04 Å². The van der Waals surface area contributed by atoms with E-state index in [1.54, 1.807) is 44.3 Å². The number of hydrogen-bond donors (Lipinski definition) is 3. The number of rotatable bonds is 7. The third kappa shape index (κ3) is 6.02. The number of carbonyl (C=O) groups excluding carboxylic acids is 2. The van der Waals surface area contributed by atoms with E-state index in [0.29, 0.717) is 19.4 Å². The third-order valence-electron chi connectivity index (χ3n) is 5.35. The summed E-state index contributed by atoms with van der Waals surface area (Å²) in [6.07, 6.45) is 1.34. The van der Waals surface area contributed by atoms with E-state index in [2.05, 4.69) is 16.0 Å². The maximum absolute atomic E-state index is 13.0. The first-order valence-electron chi connectivity index (χ1n) is 10.3. The summed E-state index contributed by atoms with van der Waals surface area (Å²) in [5.41, 5.74) is -0.502. The molecule has 1 fully saturated rings. The summed E-state index contributed by atoms with van der Waals surface area (Å²) < 4.78 is 27.3. The van der Waals surface area contributed by atoms with Gasteiger partial charge in [-0.15, -0.1) is 0 Å². The summed E-state index contributed by atoms with van der Waals surface area (Å²) in [6.45, 7) is 8.00. The Labute approximate surface area is 179 Å². The molecule has 1 saturated heterocycles. The Kier molecular flexibility index (Phi) is 8.01. The number of carbonyl (C=O) groups is 2. The number of nitrogens with zero attached hydrogens (tertiary/aromatic N) is 1. The zero-order valence-corrected chi connectivity index (χ0v) is 19.3. The summed E-state index contributed by atoms with van der Waals surface area (Å²) in [5.74, 6) is -0.562. The van der Waals surface area contributed by atoms with Crippen molar-refractivity contribution in [2.45, 2.75) is 63.6 Å². The van der Waals surface area contributed by atoms with Crippen molar-refractivity contribution in [1.29, 1.82) is 0 Å². The largest absolute Gasteiger partial charge is 0.350 e. The van der Waals surface area contributed by atoms with Gasteiger partial charge >= 0.3 is 0 Å². The van der Waals surface area contributed by atoms with Crippen LogP contribution in [0.5, 0.6) is 0 Å². The molecule has 30 heavy (non-hydrogen) atoms. The van der Waals surface area contributed by atoms with Gasteiger partial charge in [-0.25, -0.2) is 8.42 Å². The van der Waals surface area contributed by atoms with Crippen molar-refractivity contribution in [1.82, 2.24) is 20.3 Å². The first-order valence-corrected chi connectivity index (χ1v) is 11.7. The average Bonchev–Trinajstić information content (AvgIpc) is 2.71. The lowest BCUT2D eigenvalue weighted by molar-refractivity contribution is -0.132. The maximum Gasteiger partial charge on any atom is 0.243 e. The minimum atomic E-state index is -3.61. The van der Waals surface area contributed by atoms with E-state index in [-0.39, 0.29) is 29.3 Å². The molecule has 0 aromatic heterocycles. The second-order valence-electron chi connectivity index (χ2n) is 8.84. The highest BCUT2D eigenvalue weighted by Gasteiger charge is 2.36. The summed E-state index contributed by atoms with van der Waals surface area (Å²) in [6, 6.07) is 6.84. The number of sulfonamides is 1. The summed E-state index contributed by atoms with van der Waals surface area (Å²) >= 11 is 0. The number of amides is 2. The Bertz CT molecular complexity index is 836. The van der Waals surface area contributed by atoms with Crippen molar-refractivity contribution in [3.05, 3.63) is 30.3 Å². The van der Waals surface area contributed by atoms with E-state index < -0.39 is 27.5 Å². The molecular formula is C21H34N4O4S. The van der Waals surface area contributed by atoms with Crippen molar-refractivity contribution in [2.75, 3.05) is 20.1 Å². The fraction of sp³-hybridized carbons (Fsp3) is 0.619. The molecule has 0 spiro atoms. The molecule has 168 valence electrons. The lowest BCUT2D eigenvalue weighted by Crippen LogP contribution is -2.59. The SMILES string of the molecule is CN[C@@H](C)C(=O)N[C@H](C(=O)N[C@H]1CCCN(S(=O)(=O)c2ccccc2)C1)C(C)(C)C. The van der Waals surface area contributed by atoms with Crippen LogP contribution in [0.2, 0.25) is 0 Å². The number of piperidine rings is 1. The minimum absolute atomic E-state index is 0.209. The van der Waals surface area contributed by atoms with Crippen molar-refractivity contribution >= 4 is 21.8 Å². The summed E-state index contributed by atoms with van der Waals surface area (Å²) in [4.78, 5) is 25.6. The van der Waals surface area contributed by atoms with Crippen molar-refractivity contribution < 1.29 is 18.0 Å². The Hall–Kier alpha value is -1.97. The molecule has 0 unspecified atom stereocenters. The molecule has 2 amide bonds. The van der Waals surface area contributed by atoms with Crippen molar-refractivity contribution in [2.24, 2.45) is 5.41 Å². The van der Waals surface area contributed by atoms with Gasteiger partial charge in [-0.2, -0.15) is 4.31 Å². The molecule has 0 aliphatic carbocycles. The van der Waals surface area contributed by atoms with Gasteiger partial charge in [-0.3, -0.25) is 9.59 Å². The lowest BCUT2D eigenvalue weighted by Gasteiger charge is -2.36. The highest BCUT2D eigenvalue weighted by atomic mass is 32.2. The van der Waals surface area contributed by atoms with Gasteiger partial charge in [-0.1, -0.05) is 39.0 Å². The molecule has 1 aliphatic rings. The van der Waals surface area contributed by atoms with Gasteiger partial charge in [-0.05, 0) is 44.4 Å². The Morgan fingerprint density at radius 3 is 2.33 bits per heavy atom. The second-order valence-corrected chi connectivity index (χ2v) is 10.8. The van der Waals surface area contributed by atoms with Crippen LogP contribution >= 0.6 is 0 Å². The van der Waals surface area contributed by atoms with Crippen LogP contribution in [0.3, 0.4) is 0 Å². The molecule has 3 atom stereocenters. The van der Waals surface area contributed by atoms with Gasteiger partial charge in [0.15, 0.2) is 0 Å². The molecule has 0 radical (unpaired) electrons. The molecular weight excluding hydrogens is 404 g/mol. The van der Waals surface area contributed by atoms with Crippen LogP contribution in [0.1, 0.15) is 40.5 Å². The van der Waals surface area contributed by atoms with Crippen molar-refractivity contribution in [3.63, 3.8) is 0 Å². The highest BCUT2D eigenvalue weighted by Crippen LogP contribution is 2.23. The van der Waals surface area contributed by atoms with Gasteiger partial charge in [0.2, 0.25) is 21.8 Å². The summed E-state index contributed by atoms with van der Waals surface area (Å²) in [7, 11) is -1.93. The maximum atomic E-state index is 13.0. The molecule has 1 aliphatic heterocycles. The molecule has 9 heteroatoms. The molecule has 1 heterocycles. The normalized spacial score (nSPS) is 20.2. The fourth-order valence-electron chi connectivity index (χ4n) is 3.38. The quantitative estimate of drug-likeness (QED) is 0.591. The third-order valence-corrected chi connectivity index (χ3v) is 7.23. The Balaban J connectivity index is 2.10. The van der Waals surface area contributed by atoms with E-state index in [4.69, 9.17) is 0 Å². The van der Waals surface area contributed by atoms with Crippen LogP contribution in [0.25, 0.3) is 0 Å². The zero-order valence-electron chi connectivity index (χ0n) is 18.4. The van der Waals surface area contributed by atoms with Crippen LogP contribution in [-0.2, 0) is 19.6 Å². The predicted octanol–water partition coefficient (Wildman–Crippen LogP) is 1.09. The molecule has 3 N–H and O–H groups in total. The fourth-order valence-corrected chi connectivity index (χ4v) is 4.92. The van der Waals surface area contributed by atoms with E-state index in [1.807, 2.05) is 20.8 Å². The molecule has 1 aromatic carbocycles. The first-order chi connectivity index (χ1) is 14.0. The Morgan fingerprint density at radius 1 is 1.13 bits per heavy atom. The van der Waals surface area contributed by atoms with Crippen molar-refractivity contribution in [3.8, 4) is 0 Å². The van der Waals surface area contributed by atoms with Gasteiger partial charge in [0, 0.05) is 19.1 Å². The number of benzene rings is 1. The highest BCUT2D eigenvalue weighted by molar-refractivity contribution is 7.89. The van der Waals surface area contributed by atoms with Gasteiger partial charge < -0.3 is 16.0 Å². The van der Waals surface area contributed by atoms with Crippen LogP contribution in [0.15, 0.2) is 35.2 Å². The van der Waals surface area contributed by atoms with E-state index in [0.717, 1.165) is 0 Å². The van der Waals surface area contributed by atoms with Crippen LogP contribution in [-0.4, -0.2) is 62.8 Å². The number of likely N-dealkylation sites (N-methyl/N-ethyl adjacent to an activating group) is 1. The van der Waals surface area contributed by atoms with Gasteiger partial charge in [0.05, 0.1) is 10.9 Å². The first kappa shape index (κ1) is 24.3.